The Morgan fingerprint density at radius 3 is 2.86 bits per heavy atom. The standard InChI is InChI=1S/C14H14F3N3O2/c1-19(8-6-18)12-5-7-20(13(12)21)10-3-2-4-11(9-10)22-14(15,16)17/h2-4,9,12H,5,7-8H2,1H3/t12-/m0/s1. The minimum absolute atomic E-state index is 0.113. The van der Waals surface area contributed by atoms with Crippen LogP contribution in [0.5, 0.6) is 5.75 Å². The van der Waals surface area contributed by atoms with Crippen LogP contribution in [0, 0.1) is 11.3 Å². The molecule has 1 saturated heterocycles. The Morgan fingerprint density at radius 2 is 2.23 bits per heavy atom. The number of carbonyl (C=O) groups excluding carboxylic acids is 1. The lowest BCUT2D eigenvalue weighted by atomic mass is 10.2. The summed E-state index contributed by atoms with van der Waals surface area (Å²) in [7, 11) is 1.67. The van der Waals surface area contributed by atoms with E-state index in [4.69, 9.17) is 5.26 Å². The smallest absolute Gasteiger partial charge is 0.406 e. The number of likely N-dealkylation sites (N-methyl/N-ethyl adjacent to an activating group) is 1. The zero-order valence-electron chi connectivity index (χ0n) is 11.8. The summed E-state index contributed by atoms with van der Waals surface area (Å²) in [5, 5.41) is 8.67. The van der Waals surface area contributed by atoms with Gasteiger partial charge >= 0.3 is 6.36 Å². The average Bonchev–Trinajstić information content (AvgIpc) is 2.79. The van der Waals surface area contributed by atoms with Crippen molar-refractivity contribution in [2.75, 3.05) is 25.0 Å². The summed E-state index contributed by atoms with van der Waals surface area (Å²) in [5.74, 6) is -0.603. The van der Waals surface area contributed by atoms with Gasteiger partial charge in [-0.25, -0.2) is 0 Å². The van der Waals surface area contributed by atoms with E-state index in [0.29, 0.717) is 18.7 Å². The molecule has 0 bridgehead atoms. The van der Waals surface area contributed by atoms with Gasteiger partial charge < -0.3 is 9.64 Å². The van der Waals surface area contributed by atoms with E-state index in [1.165, 1.54) is 23.1 Å². The van der Waals surface area contributed by atoms with Crippen molar-refractivity contribution in [1.82, 2.24) is 4.90 Å². The van der Waals surface area contributed by atoms with Crippen molar-refractivity contribution in [3.63, 3.8) is 0 Å². The number of amides is 1. The Kier molecular flexibility index (Phi) is 4.56. The van der Waals surface area contributed by atoms with Crippen molar-refractivity contribution in [2.45, 2.75) is 18.8 Å². The highest BCUT2D eigenvalue weighted by molar-refractivity contribution is 5.99. The topological polar surface area (TPSA) is 56.6 Å². The van der Waals surface area contributed by atoms with Crippen LogP contribution in [0.2, 0.25) is 0 Å². The molecule has 0 saturated carbocycles. The first-order valence-corrected chi connectivity index (χ1v) is 6.56. The van der Waals surface area contributed by atoms with Crippen molar-refractivity contribution >= 4 is 11.6 Å². The van der Waals surface area contributed by atoms with Gasteiger partial charge in [0.25, 0.3) is 0 Å². The van der Waals surface area contributed by atoms with Crippen molar-refractivity contribution in [3.8, 4) is 11.8 Å². The minimum Gasteiger partial charge on any atom is -0.406 e. The van der Waals surface area contributed by atoms with Crippen LogP contribution in [-0.4, -0.2) is 43.3 Å². The number of nitriles is 1. The van der Waals surface area contributed by atoms with E-state index in [9.17, 15) is 18.0 Å². The lowest BCUT2D eigenvalue weighted by Gasteiger charge is -2.21. The molecule has 1 fully saturated rings. The summed E-state index contributed by atoms with van der Waals surface area (Å²) < 4.78 is 40.6. The molecule has 1 aliphatic heterocycles. The summed E-state index contributed by atoms with van der Waals surface area (Å²) in [6.45, 7) is 0.496. The second kappa shape index (κ2) is 6.23. The van der Waals surface area contributed by atoms with Gasteiger partial charge in [-0.05, 0) is 25.6 Å². The Balaban J connectivity index is 2.15. The van der Waals surface area contributed by atoms with Gasteiger partial charge in [0.05, 0.1) is 18.7 Å². The number of benzene rings is 1. The zero-order valence-corrected chi connectivity index (χ0v) is 11.8. The maximum absolute atomic E-state index is 12.3. The van der Waals surface area contributed by atoms with E-state index in [1.54, 1.807) is 18.0 Å². The monoisotopic (exact) mass is 313 g/mol. The van der Waals surface area contributed by atoms with E-state index >= 15 is 0 Å². The number of halogens is 3. The molecule has 1 aromatic rings. The third-order valence-corrected chi connectivity index (χ3v) is 3.39. The Labute approximate surface area is 125 Å². The van der Waals surface area contributed by atoms with Crippen LogP contribution in [0.1, 0.15) is 6.42 Å². The van der Waals surface area contributed by atoms with Crippen LogP contribution >= 0.6 is 0 Å². The first-order valence-electron chi connectivity index (χ1n) is 6.56. The molecule has 2 rings (SSSR count). The van der Waals surface area contributed by atoms with E-state index in [-0.39, 0.29) is 18.2 Å². The molecular formula is C14H14F3N3O2. The summed E-state index contributed by atoms with van der Waals surface area (Å²) in [4.78, 5) is 15.4. The fourth-order valence-electron chi connectivity index (χ4n) is 2.40. The van der Waals surface area contributed by atoms with Crippen LogP contribution in [-0.2, 0) is 4.79 Å². The first kappa shape index (κ1) is 16.1. The molecule has 0 N–H and O–H groups in total. The number of hydrogen-bond acceptors (Lipinski definition) is 4. The van der Waals surface area contributed by atoms with Gasteiger partial charge in [0.1, 0.15) is 5.75 Å². The van der Waals surface area contributed by atoms with Gasteiger partial charge in [0.15, 0.2) is 0 Å². The number of anilines is 1. The number of nitrogens with zero attached hydrogens (tertiary/aromatic N) is 3. The number of rotatable bonds is 4. The van der Waals surface area contributed by atoms with Crippen LogP contribution in [0.25, 0.3) is 0 Å². The predicted octanol–water partition coefficient (Wildman–Crippen LogP) is 2.15. The number of ether oxygens (including phenoxy) is 1. The van der Waals surface area contributed by atoms with Crippen LogP contribution in [0.3, 0.4) is 0 Å². The highest BCUT2D eigenvalue weighted by Crippen LogP contribution is 2.29. The predicted molar refractivity (Wildman–Crippen MR) is 72.1 cm³/mol. The van der Waals surface area contributed by atoms with E-state index < -0.39 is 12.4 Å². The fourth-order valence-corrected chi connectivity index (χ4v) is 2.40. The van der Waals surface area contributed by atoms with Crippen LogP contribution in [0.4, 0.5) is 18.9 Å². The normalized spacial score (nSPS) is 18.6. The molecule has 0 aliphatic carbocycles. The lowest BCUT2D eigenvalue weighted by molar-refractivity contribution is -0.274. The Morgan fingerprint density at radius 1 is 1.50 bits per heavy atom. The Bertz CT molecular complexity index is 598. The molecule has 5 nitrogen and oxygen atoms in total. The molecule has 0 spiro atoms. The molecule has 1 heterocycles. The van der Waals surface area contributed by atoms with Crippen molar-refractivity contribution in [2.24, 2.45) is 0 Å². The van der Waals surface area contributed by atoms with Crippen molar-refractivity contribution < 1.29 is 22.7 Å². The van der Waals surface area contributed by atoms with E-state index in [2.05, 4.69) is 4.74 Å². The average molecular weight is 313 g/mol. The highest BCUT2D eigenvalue weighted by atomic mass is 19.4. The van der Waals surface area contributed by atoms with E-state index in [1.807, 2.05) is 6.07 Å². The number of hydrogen-bond donors (Lipinski definition) is 0. The minimum atomic E-state index is -4.77. The van der Waals surface area contributed by atoms with Crippen molar-refractivity contribution in [3.05, 3.63) is 24.3 Å². The van der Waals surface area contributed by atoms with Gasteiger partial charge in [0, 0.05) is 18.3 Å². The highest BCUT2D eigenvalue weighted by Gasteiger charge is 2.36. The van der Waals surface area contributed by atoms with Gasteiger partial charge in [0.2, 0.25) is 5.91 Å². The van der Waals surface area contributed by atoms with Gasteiger partial charge in [-0.1, -0.05) is 6.07 Å². The first-order chi connectivity index (χ1) is 10.3. The largest absolute Gasteiger partial charge is 0.573 e. The molecule has 0 unspecified atom stereocenters. The van der Waals surface area contributed by atoms with Crippen LogP contribution in [0.15, 0.2) is 24.3 Å². The summed E-state index contributed by atoms with van der Waals surface area (Å²) in [5.41, 5.74) is 0.347. The van der Waals surface area contributed by atoms with Gasteiger partial charge in [-0.2, -0.15) is 5.26 Å². The summed E-state index contributed by atoms with van der Waals surface area (Å²) in [6.07, 6.45) is -4.26. The molecule has 1 amide bonds. The third kappa shape index (κ3) is 3.68. The molecule has 118 valence electrons. The van der Waals surface area contributed by atoms with Gasteiger partial charge in [-0.15, -0.1) is 13.2 Å². The molecule has 22 heavy (non-hydrogen) atoms. The van der Waals surface area contributed by atoms with Crippen LogP contribution < -0.4 is 9.64 Å². The van der Waals surface area contributed by atoms with Crippen molar-refractivity contribution in [1.29, 1.82) is 5.26 Å². The molecule has 1 atom stereocenters. The second-order valence-corrected chi connectivity index (χ2v) is 4.91. The molecule has 8 heteroatoms. The third-order valence-electron chi connectivity index (χ3n) is 3.39. The fraction of sp³-hybridized carbons (Fsp3) is 0.429. The maximum Gasteiger partial charge on any atom is 0.573 e. The summed E-state index contributed by atoms with van der Waals surface area (Å²) >= 11 is 0. The molecule has 0 aromatic heterocycles. The zero-order chi connectivity index (χ0) is 16.3. The second-order valence-electron chi connectivity index (χ2n) is 4.91. The number of carbonyl (C=O) groups is 1. The molecule has 0 radical (unpaired) electrons. The maximum atomic E-state index is 12.3. The van der Waals surface area contributed by atoms with Gasteiger partial charge in [-0.3, -0.25) is 9.69 Å². The number of alkyl halides is 3. The lowest BCUT2D eigenvalue weighted by Crippen LogP contribution is -2.39. The molecular weight excluding hydrogens is 299 g/mol. The van der Waals surface area contributed by atoms with E-state index in [0.717, 1.165) is 0 Å². The Hall–Kier alpha value is -2.27. The quantitative estimate of drug-likeness (QED) is 0.799. The molecule has 1 aromatic carbocycles. The summed E-state index contributed by atoms with van der Waals surface area (Å²) in [6, 6.07) is 6.83. The SMILES string of the molecule is CN(CC#N)[C@H]1CCN(c2cccc(OC(F)(F)F)c2)C1=O. The molecule has 1 aliphatic rings.